The monoisotopic (exact) mass is 599 g/mol. The summed E-state index contributed by atoms with van der Waals surface area (Å²) in [4.78, 5) is 31.6. The molecule has 4 atom stereocenters. The Hall–Kier alpha value is -3.16. The molecule has 4 N–H and O–H groups in total. The van der Waals surface area contributed by atoms with Gasteiger partial charge in [-0.2, -0.15) is 0 Å². The summed E-state index contributed by atoms with van der Waals surface area (Å²) in [5.74, 6) is -0.623. The van der Waals surface area contributed by atoms with E-state index < -0.39 is 29.9 Å². The Balaban J connectivity index is 1.47. The maximum atomic E-state index is 13.4. The van der Waals surface area contributed by atoms with Crippen LogP contribution in [0.15, 0.2) is 34.3 Å². The molecule has 0 radical (unpaired) electrons. The van der Waals surface area contributed by atoms with Crippen LogP contribution < -0.4 is 20.7 Å². The second kappa shape index (κ2) is 15.4. The van der Waals surface area contributed by atoms with Crippen molar-refractivity contribution in [2.24, 2.45) is 5.92 Å². The third-order valence-electron chi connectivity index (χ3n) is 7.40. The van der Waals surface area contributed by atoms with E-state index in [4.69, 9.17) is 14.0 Å². The number of hydrogen-bond donors (Lipinski definition) is 4. The van der Waals surface area contributed by atoms with Crippen molar-refractivity contribution in [3.05, 3.63) is 52.5 Å². The molecule has 11 nitrogen and oxygen atoms in total. The molecule has 1 saturated heterocycles. The number of imide groups is 1. The standard InChI is InChI=1S/C30H41N5O6S/c1-18(27(26-13-19(2)35-41-26)30(38)34-29(37)24-15-23(36)16-32-24)5-6-21-7-8-22(28-20(3)33-17-42-28)14-25(21)40-12-11-39-10-9-31-4/h7-8,13-14,17-18,23-24,27,31-32,36H,5-6,9-12,15-16H2,1-4H3,(H,34,37,38)/t18?,23-,24+,27-/m1/s1. The van der Waals surface area contributed by atoms with Crippen LogP contribution in [0, 0.1) is 19.8 Å². The van der Waals surface area contributed by atoms with Gasteiger partial charge in [-0.1, -0.05) is 24.2 Å². The van der Waals surface area contributed by atoms with Crippen molar-refractivity contribution in [3.8, 4) is 16.2 Å². The van der Waals surface area contributed by atoms with Gasteiger partial charge in [0.25, 0.3) is 0 Å². The van der Waals surface area contributed by atoms with E-state index in [9.17, 15) is 14.7 Å². The summed E-state index contributed by atoms with van der Waals surface area (Å²) in [6.45, 7) is 8.32. The Bertz CT molecular complexity index is 1330. The Kier molecular flexibility index (Phi) is 11.6. The Morgan fingerprint density at radius 1 is 1.24 bits per heavy atom. The highest BCUT2D eigenvalue weighted by atomic mass is 32.1. The molecule has 42 heavy (non-hydrogen) atoms. The predicted octanol–water partition coefficient (Wildman–Crippen LogP) is 2.75. The molecular weight excluding hydrogens is 558 g/mol. The molecule has 3 heterocycles. The number of thiazole rings is 1. The average Bonchev–Trinajstić information content (AvgIpc) is 3.71. The van der Waals surface area contributed by atoms with Gasteiger partial charge in [-0.25, -0.2) is 4.98 Å². The van der Waals surface area contributed by atoms with Crippen molar-refractivity contribution in [2.45, 2.75) is 58.1 Å². The van der Waals surface area contributed by atoms with E-state index in [-0.39, 0.29) is 12.3 Å². The second-order valence-electron chi connectivity index (χ2n) is 10.7. The number of nitrogens with zero attached hydrogens (tertiary/aromatic N) is 2. The van der Waals surface area contributed by atoms with E-state index in [2.05, 4.69) is 38.2 Å². The molecule has 0 spiro atoms. The van der Waals surface area contributed by atoms with Crippen LogP contribution in [-0.2, 0) is 20.7 Å². The van der Waals surface area contributed by atoms with Crippen LogP contribution >= 0.6 is 11.3 Å². The number of benzene rings is 1. The van der Waals surface area contributed by atoms with E-state index in [1.54, 1.807) is 24.3 Å². The van der Waals surface area contributed by atoms with Crippen molar-refractivity contribution in [2.75, 3.05) is 40.0 Å². The van der Waals surface area contributed by atoms with E-state index in [0.29, 0.717) is 50.7 Å². The molecular formula is C30H41N5O6S. The topological polar surface area (TPSA) is 148 Å². The van der Waals surface area contributed by atoms with E-state index in [1.165, 1.54) is 0 Å². The fourth-order valence-electron chi connectivity index (χ4n) is 5.05. The van der Waals surface area contributed by atoms with Crippen molar-refractivity contribution in [1.82, 2.24) is 26.1 Å². The number of amides is 2. The maximum absolute atomic E-state index is 13.4. The molecule has 1 aliphatic rings. The maximum Gasteiger partial charge on any atom is 0.243 e. The molecule has 1 fully saturated rings. The lowest BCUT2D eigenvalue weighted by atomic mass is 9.85. The van der Waals surface area contributed by atoms with Gasteiger partial charge in [0.15, 0.2) is 0 Å². The average molecular weight is 600 g/mol. The zero-order valence-electron chi connectivity index (χ0n) is 24.6. The minimum atomic E-state index is -0.717. The minimum absolute atomic E-state index is 0.187. The molecule has 0 bridgehead atoms. The van der Waals surface area contributed by atoms with E-state index in [0.717, 1.165) is 34.0 Å². The van der Waals surface area contributed by atoms with E-state index >= 15 is 0 Å². The van der Waals surface area contributed by atoms with Crippen LogP contribution in [0.3, 0.4) is 0 Å². The van der Waals surface area contributed by atoms with Gasteiger partial charge in [0.1, 0.15) is 24.0 Å². The molecule has 12 heteroatoms. The molecule has 1 unspecified atom stereocenters. The number of ether oxygens (including phenoxy) is 2. The molecule has 0 saturated carbocycles. The number of aryl methyl sites for hydroxylation is 3. The normalized spacial score (nSPS) is 18.1. The zero-order valence-corrected chi connectivity index (χ0v) is 25.5. The number of rotatable bonds is 15. The van der Waals surface area contributed by atoms with Gasteiger partial charge in [0.05, 0.1) is 47.1 Å². The Morgan fingerprint density at radius 2 is 2.07 bits per heavy atom. The summed E-state index contributed by atoms with van der Waals surface area (Å²) < 4.78 is 17.3. The quantitative estimate of drug-likeness (QED) is 0.192. The second-order valence-corrected chi connectivity index (χ2v) is 11.6. The van der Waals surface area contributed by atoms with Crippen LogP contribution in [0.5, 0.6) is 5.75 Å². The fourth-order valence-corrected chi connectivity index (χ4v) is 5.86. The smallest absolute Gasteiger partial charge is 0.243 e. The highest BCUT2D eigenvalue weighted by Gasteiger charge is 2.35. The van der Waals surface area contributed by atoms with Crippen LogP contribution in [0.2, 0.25) is 0 Å². The SMILES string of the molecule is CNCCOCCOc1cc(-c2scnc2C)ccc1CCC(C)[C@@H](C(=O)NC(=O)[C@@H]1C[C@@H](O)CN1)c1cc(C)no1. The first kappa shape index (κ1) is 31.8. The first-order chi connectivity index (χ1) is 20.3. The van der Waals surface area contributed by atoms with Crippen molar-refractivity contribution >= 4 is 23.2 Å². The number of carbonyl (C=O) groups is 2. The van der Waals surface area contributed by atoms with Gasteiger partial charge in [-0.15, -0.1) is 11.3 Å². The van der Waals surface area contributed by atoms with Crippen LogP contribution in [-0.4, -0.2) is 79.2 Å². The van der Waals surface area contributed by atoms with Crippen LogP contribution in [0.1, 0.15) is 48.4 Å². The van der Waals surface area contributed by atoms with Gasteiger partial charge >= 0.3 is 0 Å². The van der Waals surface area contributed by atoms with E-state index in [1.807, 2.05) is 32.5 Å². The summed E-state index contributed by atoms with van der Waals surface area (Å²) >= 11 is 1.59. The molecule has 4 rings (SSSR count). The third-order valence-corrected chi connectivity index (χ3v) is 8.38. The van der Waals surface area contributed by atoms with Crippen molar-refractivity contribution in [3.63, 3.8) is 0 Å². The highest BCUT2D eigenvalue weighted by molar-refractivity contribution is 7.13. The highest BCUT2D eigenvalue weighted by Crippen LogP contribution is 2.34. The van der Waals surface area contributed by atoms with Crippen molar-refractivity contribution in [1.29, 1.82) is 0 Å². The molecule has 2 aromatic heterocycles. The Labute approximate surface area is 250 Å². The van der Waals surface area contributed by atoms with Gasteiger partial charge in [-0.3, -0.25) is 14.9 Å². The summed E-state index contributed by atoms with van der Waals surface area (Å²) in [5, 5.41) is 22.3. The summed E-state index contributed by atoms with van der Waals surface area (Å²) in [7, 11) is 1.88. The minimum Gasteiger partial charge on any atom is -0.491 e. The number of likely N-dealkylation sites (N-methyl/N-ethyl adjacent to an activating group) is 1. The Morgan fingerprint density at radius 3 is 2.74 bits per heavy atom. The summed E-state index contributed by atoms with van der Waals surface area (Å²) in [6, 6.07) is 7.30. The van der Waals surface area contributed by atoms with Crippen molar-refractivity contribution < 1.29 is 28.7 Å². The number of aliphatic hydroxyl groups is 1. The van der Waals surface area contributed by atoms with Gasteiger partial charge in [0.2, 0.25) is 11.8 Å². The van der Waals surface area contributed by atoms with Gasteiger partial charge < -0.3 is 29.7 Å². The lowest BCUT2D eigenvalue weighted by Gasteiger charge is -2.22. The first-order valence-corrected chi connectivity index (χ1v) is 15.2. The first-order valence-electron chi connectivity index (χ1n) is 14.3. The number of aromatic nitrogens is 2. The predicted molar refractivity (Wildman–Crippen MR) is 160 cm³/mol. The van der Waals surface area contributed by atoms with Crippen LogP contribution in [0.25, 0.3) is 10.4 Å². The fraction of sp³-hybridized carbons (Fsp3) is 0.533. The van der Waals surface area contributed by atoms with Gasteiger partial charge in [-0.05, 0) is 63.3 Å². The summed E-state index contributed by atoms with van der Waals surface area (Å²) in [5.41, 5.74) is 5.51. The zero-order chi connectivity index (χ0) is 30.1. The third kappa shape index (κ3) is 8.45. The molecule has 3 aromatic rings. The number of nitrogens with one attached hydrogen (secondary N) is 3. The van der Waals surface area contributed by atoms with Crippen LogP contribution in [0.4, 0.5) is 0 Å². The molecule has 1 aromatic carbocycles. The van der Waals surface area contributed by atoms with Gasteiger partial charge in [0, 0.05) is 19.2 Å². The number of β-amino-alcohol motifs (C(OH)–C–C–N with tert-alkyl or cyclic N) is 1. The molecule has 1 aliphatic heterocycles. The molecule has 228 valence electrons. The number of hydrogen-bond acceptors (Lipinski definition) is 11. The largest absolute Gasteiger partial charge is 0.491 e. The molecule has 0 aliphatic carbocycles. The lowest BCUT2D eigenvalue weighted by molar-refractivity contribution is -0.133. The number of aliphatic hydroxyl groups excluding tert-OH is 1. The number of carbonyl (C=O) groups excluding carboxylic acids is 2. The summed E-state index contributed by atoms with van der Waals surface area (Å²) in [6.07, 6.45) is 0.923. The lowest BCUT2D eigenvalue weighted by Crippen LogP contribution is -2.45. The molecule has 2 amide bonds.